The number of benzene rings is 2. The van der Waals surface area contributed by atoms with Crippen LogP contribution in [0, 0.1) is 0 Å². The van der Waals surface area contributed by atoms with Gasteiger partial charge in [-0.1, -0.05) is 29.8 Å². The standard InChI is InChI=1S/C15H12ClN3O2S/c16-11-6-7-13-14(8-9-17-15(13)10-11)18-19-22(20,21)12-4-2-1-3-5-12/h1-10,19H,(H,17,18). The highest BCUT2D eigenvalue weighted by molar-refractivity contribution is 7.89. The Labute approximate surface area is 133 Å². The lowest BCUT2D eigenvalue weighted by atomic mass is 10.2. The van der Waals surface area contributed by atoms with E-state index in [0.717, 1.165) is 5.39 Å². The van der Waals surface area contributed by atoms with E-state index in [1.165, 1.54) is 12.1 Å². The van der Waals surface area contributed by atoms with E-state index in [9.17, 15) is 8.42 Å². The molecule has 1 aromatic heterocycles. The number of nitrogens with zero attached hydrogens (tertiary/aromatic N) is 1. The SMILES string of the molecule is O=S(=O)(NNc1ccnc2cc(Cl)ccc12)c1ccccc1. The lowest BCUT2D eigenvalue weighted by Crippen LogP contribution is -2.29. The highest BCUT2D eigenvalue weighted by atomic mass is 35.5. The lowest BCUT2D eigenvalue weighted by molar-refractivity contribution is 0.588. The summed E-state index contributed by atoms with van der Waals surface area (Å²) in [6.45, 7) is 0. The maximum absolute atomic E-state index is 12.2. The Bertz CT molecular complexity index is 914. The number of aromatic nitrogens is 1. The Morgan fingerprint density at radius 3 is 2.55 bits per heavy atom. The maximum atomic E-state index is 12.2. The molecule has 112 valence electrons. The first-order valence-electron chi connectivity index (χ1n) is 6.43. The van der Waals surface area contributed by atoms with Crippen LogP contribution in [0.3, 0.4) is 0 Å². The monoisotopic (exact) mass is 333 g/mol. The zero-order valence-corrected chi connectivity index (χ0v) is 12.9. The Kier molecular flexibility index (Phi) is 3.98. The summed E-state index contributed by atoms with van der Waals surface area (Å²) in [6, 6.07) is 15.0. The summed E-state index contributed by atoms with van der Waals surface area (Å²) in [4.78, 5) is 6.75. The molecule has 0 amide bonds. The molecule has 0 saturated heterocycles. The molecule has 2 aromatic carbocycles. The van der Waals surface area contributed by atoms with Crippen LogP contribution in [-0.4, -0.2) is 13.4 Å². The molecule has 0 radical (unpaired) electrons. The number of rotatable bonds is 4. The number of hydrazine groups is 1. The van der Waals surface area contributed by atoms with Gasteiger partial charge in [-0.05, 0) is 36.4 Å². The third kappa shape index (κ3) is 3.04. The lowest BCUT2D eigenvalue weighted by Gasteiger charge is -2.11. The minimum absolute atomic E-state index is 0.184. The Morgan fingerprint density at radius 2 is 1.77 bits per heavy atom. The number of anilines is 1. The zero-order chi connectivity index (χ0) is 15.6. The Balaban J connectivity index is 1.88. The number of sulfonamides is 1. The van der Waals surface area contributed by atoms with E-state index in [1.54, 1.807) is 48.7 Å². The van der Waals surface area contributed by atoms with Gasteiger partial charge < -0.3 is 5.43 Å². The minimum atomic E-state index is -3.64. The summed E-state index contributed by atoms with van der Waals surface area (Å²) in [5.41, 5.74) is 4.00. The van der Waals surface area contributed by atoms with Crippen molar-refractivity contribution in [2.24, 2.45) is 0 Å². The van der Waals surface area contributed by atoms with Gasteiger partial charge in [-0.15, -0.1) is 4.83 Å². The second-order valence-electron chi connectivity index (χ2n) is 4.56. The summed E-state index contributed by atoms with van der Waals surface area (Å²) in [6.07, 6.45) is 1.58. The Hall–Kier alpha value is -2.15. The van der Waals surface area contributed by atoms with Gasteiger partial charge in [0.2, 0.25) is 0 Å². The third-order valence-corrected chi connectivity index (χ3v) is 4.58. The van der Waals surface area contributed by atoms with Crippen molar-refractivity contribution in [2.45, 2.75) is 4.90 Å². The average Bonchev–Trinajstić information content (AvgIpc) is 2.53. The fourth-order valence-corrected chi connectivity index (χ4v) is 3.05. The average molecular weight is 334 g/mol. The summed E-state index contributed by atoms with van der Waals surface area (Å²) in [5, 5.41) is 1.34. The van der Waals surface area contributed by atoms with Crippen molar-refractivity contribution in [1.29, 1.82) is 0 Å². The molecular weight excluding hydrogens is 322 g/mol. The van der Waals surface area contributed by atoms with Crippen molar-refractivity contribution in [1.82, 2.24) is 9.82 Å². The first-order valence-corrected chi connectivity index (χ1v) is 8.29. The molecule has 22 heavy (non-hydrogen) atoms. The van der Waals surface area contributed by atoms with Crippen LogP contribution in [-0.2, 0) is 10.0 Å². The van der Waals surface area contributed by atoms with Crippen LogP contribution in [0.4, 0.5) is 5.69 Å². The normalized spacial score (nSPS) is 11.5. The van der Waals surface area contributed by atoms with Crippen LogP contribution in [0.15, 0.2) is 65.7 Å². The predicted molar refractivity (Wildman–Crippen MR) is 87.1 cm³/mol. The van der Waals surface area contributed by atoms with Gasteiger partial charge in [0.1, 0.15) is 0 Å². The highest BCUT2D eigenvalue weighted by Gasteiger charge is 2.13. The number of nitrogens with one attached hydrogen (secondary N) is 2. The molecule has 7 heteroatoms. The van der Waals surface area contributed by atoms with E-state index in [2.05, 4.69) is 15.2 Å². The molecule has 0 saturated carbocycles. The van der Waals surface area contributed by atoms with Gasteiger partial charge in [-0.2, -0.15) is 0 Å². The van der Waals surface area contributed by atoms with Crippen LogP contribution >= 0.6 is 11.6 Å². The van der Waals surface area contributed by atoms with E-state index in [1.807, 2.05) is 0 Å². The molecule has 0 bridgehead atoms. The zero-order valence-electron chi connectivity index (χ0n) is 11.3. The maximum Gasteiger partial charge on any atom is 0.257 e. The highest BCUT2D eigenvalue weighted by Crippen LogP contribution is 2.24. The summed E-state index contributed by atoms with van der Waals surface area (Å²) < 4.78 is 24.4. The predicted octanol–water partition coefficient (Wildman–Crippen LogP) is 3.19. The largest absolute Gasteiger partial charge is 0.307 e. The second kappa shape index (κ2) is 5.92. The van der Waals surface area contributed by atoms with Gasteiger partial charge in [-0.25, -0.2) is 8.42 Å². The molecule has 3 aromatic rings. The van der Waals surface area contributed by atoms with Gasteiger partial charge in [0.25, 0.3) is 10.0 Å². The molecule has 0 aliphatic carbocycles. The van der Waals surface area contributed by atoms with Crippen molar-refractivity contribution in [3.05, 3.63) is 65.8 Å². The van der Waals surface area contributed by atoms with Crippen molar-refractivity contribution >= 4 is 38.2 Å². The van der Waals surface area contributed by atoms with E-state index < -0.39 is 10.0 Å². The fourth-order valence-electron chi connectivity index (χ4n) is 2.01. The molecule has 2 N–H and O–H groups in total. The summed E-state index contributed by atoms with van der Waals surface area (Å²) >= 11 is 5.93. The van der Waals surface area contributed by atoms with E-state index in [-0.39, 0.29) is 4.90 Å². The van der Waals surface area contributed by atoms with Crippen LogP contribution < -0.4 is 10.3 Å². The molecule has 0 spiro atoms. The number of hydrogen-bond acceptors (Lipinski definition) is 4. The molecule has 0 aliphatic heterocycles. The molecule has 5 nitrogen and oxygen atoms in total. The van der Waals surface area contributed by atoms with Gasteiger partial charge in [0.15, 0.2) is 0 Å². The number of halogens is 1. The second-order valence-corrected chi connectivity index (χ2v) is 6.68. The minimum Gasteiger partial charge on any atom is -0.307 e. The number of hydrogen-bond donors (Lipinski definition) is 2. The molecule has 0 atom stereocenters. The van der Waals surface area contributed by atoms with Crippen molar-refractivity contribution < 1.29 is 8.42 Å². The number of fused-ring (bicyclic) bond motifs is 1. The van der Waals surface area contributed by atoms with Crippen molar-refractivity contribution in [2.75, 3.05) is 5.43 Å². The van der Waals surface area contributed by atoms with Crippen molar-refractivity contribution in [3.63, 3.8) is 0 Å². The first-order chi connectivity index (χ1) is 10.6. The Morgan fingerprint density at radius 1 is 1.00 bits per heavy atom. The van der Waals surface area contributed by atoms with E-state index in [0.29, 0.717) is 16.2 Å². The third-order valence-electron chi connectivity index (χ3n) is 3.08. The molecule has 3 rings (SSSR count). The fraction of sp³-hybridized carbons (Fsp3) is 0. The van der Waals surface area contributed by atoms with Gasteiger partial charge in [-0.3, -0.25) is 4.98 Å². The molecule has 0 aliphatic rings. The smallest absolute Gasteiger partial charge is 0.257 e. The van der Waals surface area contributed by atoms with Crippen LogP contribution in [0.25, 0.3) is 10.9 Å². The van der Waals surface area contributed by atoms with Gasteiger partial charge in [0, 0.05) is 16.6 Å². The van der Waals surface area contributed by atoms with Crippen molar-refractivity contribution in [3.8, 4) is 0 Å². The van der Waals surface area contributed by atoms with Crippen LogP contribution in [0.5, 0.6) is 0 Å². The molecule has 1 heterocycles. The van der Waals surface area contributed by atoms with Gasteiger partial charge in [0.05, 0.1) is 16.1 Å². The quantitative estimate of drug-likeness (QED) is 0.719. The molecule has 0 unspecified atom stereocenters. The molecule has 0 fully saturated rings. The van der Waals surface area contributed by atoms with E-state index in [4.69, 9.17) is 11.6 Å². The van der Waals surface area contributed by atoms with Crippen LogP contribution in [0.1, 0.15) is 0 Å². The summed E-state index contributed by atoms with van der Waals surface area (Å²) in [5.74, 6) is 0. The summed E-state index contributed by atoms with van der Waals surface area (Å²) in [7, 11) is -3.64. The van der Waals surface area contributed by atoms with Crippen LogP contribution in [0.2, 0.25) is 5.02 Å². The van der Waals surface area contributed by atoms with Gasteiger partial charge >= 0.3 is 0 Å². The van der Waals surface area contributed by atoms with E-state index >= 15 is 0 Å². The first kappa shape index (κ1) is 14.8. The number of pyridine rings is 1. The molecular formula is C15H12ClN3O2S. The topological polar surface area (TPSA) is 71.1 Å².